The zero-order valence-corrected chi connectivity index (χ0v) is 12.9. The van der Waals surface area contributed by atoms with Crippen molar-refractivity contribution >= 4 is 50.5 Å². The Morgan fingerprint density at radius 3 is 2.70 bits per heavy atom. The van der Waals surface area contributed by atoms with Crippen LogP contribution in [0.1, 0.15) is 12.5 Å². The molecule has 0 fully saturated rings. The van der Waals surface area contributed by atoms with Crippen LogP contribution in [0.5, 0.6) is 0 Å². The average molecular weight is 337 g/mol. The molecule has 6 nitrogen and oxygen atoms in total. The first-order valence-electron chi connectivity index (χ1n) is 5.50. The number of hydrogen-bond donors (Lipinski definition) is 2. The van der Waals surface area contributed by atoms with Crippen LogP contribution in [0.15, 0.2) is 18.2 Å². The van der Waals surface area contributed by atoms with E-state index in [1.54, 1.807) is 13.0 Å². The van der Waals surface area contributed by atoms with Gasteiger partial charge in [0.25, 0.3) is 0 Å². The summed E-state index contributed by atoms with van der Waals surface area (Å²) in [5, 5.41) is 0.164. The molecule has 0 aliphatic rings. The van der Waals surface area contributed by atoms with Gasteiger partial charge in [-0.25, -0.2) is 8.42 Å². The molecule has 0 bridgehead atoms. The fourth-order valence-electron chi connectivity index (χ4n) is 1.32. The van der Waals surface area contributed by atoms with Crippen LogP contribution in [0.25, 0.3) is 0 Å². The Balaban J connectivity index is 2.94. The number of thiocarbonyl (C=S) groups is 1. The number of ether oxygens (including phenoxy) is 1. The normalized spacial score (nSPS) is 10.9. The fraction of sp³-hybridized carbons (Fsp3) is 0.273. The summed E-state index contributed by atoms with van der Waals surface area (Å²) in [5.74, 6) is -1.64. The molecule has 0 spiro atoms. The van der Waals surface area contributed by atoms with Crippen LogP contribution in [0, 0.1) is 0 Å². The van der Waals surface area contributed by atoms with Crippen molar-refractivity contribution in [3.8, 4) is 0 Å². The molecule has 0 aliphatic heterocycles. The van der Waals surface area contributed by atoms with E-state index in [1.807, 2.05) is 0 Å². The van der Waals surface area contributed by atoms with Crippen molar-refractivity contribution in [2.45, 2.75) is 6.92 Å². The third kappa shape index (κ3) is 4.95. The van der Waals surface area contributed by atoms with Gasteiger partial charge in [-0.05, 0) is 19.1 Å². The van der Waals surface area contributed by atoms with E-state index in [-0.39, 0.29) is 22.3 Å². The van der Waals surface area contributed by atoms with E-state index in [2.05, 4.69) is 9.46 Å². The molecule has 9 heteroatoms. The molecule has 0 unspecified atom stereocenters. The van der Waals surface area contributed by atoms with Crippen LogP contribution in [-0.2, 0) is 19.6 Å². The molecule has 1 aromatic rings. The SMILES string of the molecule is CCOC(=O)CS(=O)(=O)Nc1cc(C(N)=S)ccc1Cl. The predicted octanol–water partition coefficient (Wildman–Crippen LogP) is 1.28. The minimum absolute atomic E-state index is 0.0984. The third-order valence-electron chi connectivity index (χ3n) is 2.13. The maximum absolute atomic E-state index is 11.8. The number of esters is 1. The van der Waals surface area contributed by atoms with Gasteiger partial charge < -0.3 is 10.5 Å². The summed E-state index contributed by atoms with van der Waals surface area (Å²) in [6.45, 7) is 1.69. The number of nitrogens with one attached hydrogen (secondary N) is 1. The predicted molar refractivity (Wildman–Crippen MR) is 81.4 cm³/mol. The maximum atomic E-state index is 11.8. The zero-order chi connectivity index (χ0) is 15.3. The number of rotatable bonds is 6. The molecule has 0 heterocycles. The Kier molecular flexibility index (Phi) is 5.73. The second kappa shape index (κ2) is 6.87. The molecule has 0 atom stereocenters. The molecule has 0 saturated heterocycles. The number of sulfonamides is 1. The van der Waals surface area contributed by atoms with Crippen molar-refractivity contribution in [2.24, 2.45) is 5.73 Å². The van der Waals surface area contributed by atoms with E-state index < -0.39 is 21.7 Å². The van der Waals surface area contributed by atoms with Gasteiger partial charge in [0.05, 0.1) is 17.3 Å². The molecule has 0 aromatic heterocycles. The standard InChI is InChI=1S/C11H13ClN2O4S2/c1-2-18-10(15)6-20(16,17)14-9-5-7(11(13)19)3-4-8(9)12/h3-5,14H,2,6H2,1H3,(H2,13,19). The topological polar surface area (TPSA) is 98.5 Å². The number of carbonyl (C=O) groups excluding carboxylic acids is 1. The Morgan fingerprint density at radius 2 is 2.15 bits per heavy atom. The van der Waals surface area contributed by atoms with E-state index >= 15 is 0 Å². The monoisotopic (exact) mass is 336 g/mol. The minimum Gasteiger partial charge on any atom is -0.465 e. The third-order valence-corrected chi connectivity index (χ3v) is 3.84. The molecule has 3 N–H and O–H groups in total. The molecular formula is C11H13ClN2O4S2. The number of benzene rings is 1. The maximum Gasteiger partial charge on any atom is 0.323 e. The zero-order valence-electron chi connectivity index (χ0n) is 10.6. The highest BCUT2D eigenvalue weighted by Crippen LogP contribution is 2.24. The van der Waals surface area contributed by atoms with E-state index in [0.717, 1.165) is 0 Å². The molecule has 1 aromatic carbocycles. The van der Waals surface area contributed by atoms with Crippen LogP contribution in [0.3, 0.4) is 0 Å². The van der Waals surface area contributed by atoms with Gasteiger partial charge in [0.2, 0.25) is 10.0 Å². The van der Waals surface area contributed by atoms with Crippen LogP contribution in [-0.4, -0.2) is 31.7 Å². The molecule has 1 rings (SSSR count). The fourth-order valence-corrected chi connectivity index (χ4v) is 2.64. The lowest BCUT2D eigenvalue weighted by atomic mass is 10.2. The van der Waals surface area contributed by atoms with E-state index in [1.165, 1.54) is 12.1 Å². The highest BCUT2D eigenvalue weighted by Gasteiger charge is 2.19. The largest absolute Gasteiger partial charge is 0.465 e. The molecule has 20 heavy (non-hydrogen) atoms. The van der Waals surface area contributed by atoms with Gasteiger partial charge in [0.15, 0.2) is 5.75 Å². The van der Waals surface area contributed by atoms with Gasteiger partial charge in [-0.2, -0.15) is 0 Å². The molecule has 0 amide bonds. The van der Waals surface area contributed by atoms with Crippen LogP contribution >= 0.6 is 23.8 Å². The van der Waals surface area contributed by atoms with Gasteiger partial charge >= 0.3 is 5.97 Å². The van der Waals surface area contributed by atoms with Crippen molar-refractivity contribution in [2.75, 3.05) is 17.1 Å². The average Bonchev–Trinajstić information content (AvgIpc) is 2.30. The number of nitrogens with two attached hydrogens (primary N) is 1. The molecule has 0 saturated carbocycles. The molecule has 110 valence electrons. The van der Waals surface area contributed by atoms with Crippen molar-refractivity contribution in [1.29, 1.82) is 0 Å². The number of carbonyl (C=O) groups is 1. The Hall–Kier alpha value is -1.38. The summed E-state index contributed by atoms with van der Waals surface area (Å²) in [6, 6.07) is 4.42. The van der Waals surface area contributed by atoms with Gasteiger partial charge in [0, 0.05) is 5.56 Å². The summed E-state index contributed by atoms with van der Waals surface area (Å²) in [5.41, 5.74) is 6.01. The van der Waals surface area contributed by atoms with Crippen molar-refractivity contribution in [3.63, 3.8) is 0 Å². The van der Waals surface area contributed by atoms with Crippen molar-refractivity contribution < 1.29 is 17.9 Å². The van der Waals surface area contributed by atoms with Gasteiger partial charge in [-0.1, -0.05) is 29.9 Å². The first-order valence-corrected chi connectivity index (χ1v) is 7.94. The van der Waals surface area contributed by atoms with E-state index in [9.17, 15) is 13.2 Å². The highest BCUT2D eigenvalue weighted by molar-refractivity contribution is 7.93. The minimum atomic E-state index is -3.91. The Morgan fingerprint density at radius 1 is 1.50 bits per heavy atom. The Bertz CT molecular complexity index is 631. The lowest BCUT2D eigenvalue weighted by Gasteiger charge is -2.10. The molecule has 0 radical (unpaired) electrons. The van der Waals surface area contributed by atoms with Crippen LogP contribution in [0.4, 0.5) is 5.69 Å². The quantitative estimate of drug-likeness (QED) is 0.599. The van der Waals surface area contributed by atoms with Gasteiger partial charge in [0.1, 0.15) is 4.99 Å². The highest BCUT2D eigenvalue weighted by atomic mass is 35.5. The lowest BCUT2D eigenvalue weighted by Crippen LogP contribution is -2.24. The first-order chi connectivity index (χ1) is 9.25. The first kappa shape index (κ1) is 16.7. The Labute approximate surface area is 127 Å². The van der Waals surface area contributed by atoms with Crippen molar-refractivity contribution in [1.82, 2.24) is 0 Å². The number of halogens is 1. The summed E-state index contributed by atoms with van der Waals surface area (Å²) < 4.78 is 30.3. The smallest absolute Gasteiger partial charge is 0.323 e. The van der Waals surface area contributed by atoms with Crippen molar-refractivity contribution in [3.05, 3.63) is 28.8 Å². The summed E-state index contributed by atoms with van der Waals surface area (Å²) in [4.78, 5) is 11.3. The second-order valence-corrected chi connectivity index (χ2v) is 6.29. The van der Waals surface area contributed by atoms with Gasteiger partial charge in [-0.15, -0.1) is 0 Å². The molecule has 0 aliphatic carbocycles. The van der Waals surface area contributed by atoms with Gasteiger partial charge in [-0.3, -0.25) is 9.52 Å². The number of hydrogen-bond acceptors (Lipinski definition) is 5. The van der Waals surface area contributed by atoms with Crippen LogP contribution < -0.4 is 10.5 Å². The second-order valence-electron chi connectivity index (χ2n) is 3.73. The molecular weight excluding hydrogens is 324 g/mol. The lowest BCUT2D eigenvalue weighted by molar-refractivity contribution is -0.139. The summed E-state index contributed by atoms with van der Waals surface area (Å²) in [6.07, 6.45) is 0. The summed E-state index contributed by atoms with van der Waals surface area (Å²) >= 11 is 10.7. The van der Waals surface area contributed by atoms with E-state index in [4.69, 9.17) is 29.6 Å². The summed E-state index contributed by atoms with van der Waals surface area (Å²) in [7, 11) is -3.91. The van der Waals surface area contributed by atoms with E-state index in [0.29, 0.717) is 5.56 Å². The number of anilines is 1. The van der Waals surface area contributed by atoms with Crippen LogP contribution in [0.2, 0.25) is 5.02 Å².